The van der Waals surface area contributed by atoms with Gasteiger partial charge in [-0.25, -0.2) is 0 Å². The Kier molecular flexibility index (Phi) is 7.51. The first-order valence-electron chi connectivity index (χ1n) is 22.5. The van der Waals surface area contributed by atoms with Gasteiger partial charge in [0.05, 0.1) is 11.4 Å². The summed E-state index contributed by atoms with van der Waals surface area (Å²) in [4.78, 5) is 2.59. The molecule has 0 atom stereocenters. The van der Waals surface area contributed by atoms with E-state index in [4.69, 9.17) is 4.42 Å². The Hall–Kier alpha value is -5.48. The van der Waals surface area contributed by atoms with Gasteiger partial charge in [0.25, 0.3) is 6.71 Å². The van der Waals surface area contributed by atoms with Crippen LogP contribution in [0.4, 0.5) is 17.1 Å². The molecule has 3 aliphatic rings. The second kappa shape index (κ2) is 11.9. The Morgan fingerprint density at radius 3 is 1.84 bits per heavy atom. The summed E-state index contributed by atoms with van der Waals surface area (Å²) in [6.07, 6.45) is 0. The van der Waals surface area contributed by atoms with Crippen molar-refractivity contribution >= 4 is 73.0 Å². The Morgan fingerprint density at radius 1 is 0.508 bits per heavy atom. The predicted octanol–water partition coefficient (Wildman–Crippen LogP) is 13.6. The number of benzene rings is 6. The lowest BCUT2D eigenvalue weighted by molar-refractivity contribution is 0.587. The summed E-state index contributed by atoms with van der Waals surface area (Å²) in [6.45, 7) is 33.0. The molecule has 2 aromatic heterocycles. The lowest BCUT2D eigenvalue weighted by atomic mass is 9.33. The van der Waals surface area contributed by atoms with E-state index < -0.39 is 0 Å². The standard InChI is InChI=1S/C57H59BN2O/c1-53(2,3)32-23-25-41-44(28-32)59(43-21-17-19-37-36-24-22-33(54(4,5)6)31-47(36)61-52(37)43)45-29-35(56(10,11)12)30-46-49(45)58(41)42-27-34(55(7,8)9)26-39-48-51(60(46)50(39)42)38-18-15-16-20-40(38)57(48,13)14/h15-31H,1-14H3. The van der Waals surface area contributed by atoms with Crippen LogP contribution in [0.3, 0.4) is 0 Å². The molecule has 0 radical (unpaired) electrons. The second-order valence-corrected chi connectivity index (χ2v) is 23.1. The first-order chi connectivity index (χ1) is 28.5. The van der Waals surface area contributed by atoms with E-state index in [2.05, 4.69) is 210 Å². The van der Waals surface area contributed by atoms with Crippen LogP contribution < -0.4 is 21.3 Å². The first-order valence-corrected chi connectivity index (χ1v) is 22.5. The summed E-state index contributed by atoms with van der Waals surface area (Å²) in [5, 5.41) is 3.70. The van der Waals surface area contributed by atoms with E-state index in [-0.39, 0.29) is 33.8 Å². The molecule has 0 fully saturated rings. The third-order valence-electron chi connectivity index (χ3n) is 14.6. The Bertz CT molecular complexity index is 3210. The molecule has 6 aromatic carbocycles. The molecule has 0 N–H and O–H groups in total. The smallest absolute Gasteiger partial charge is 0.252 e. The molecule has 8 aromatic rings. The number of rotatable bonds is 1. The number of nitrogens with zero attached hydrogens (tertiary/aromatic N) is 2. The van der Waals surface area contributed by atoms with Crippen LogP contribution >= 0.6 is 0 Å². The van der Waals surface area contributed by atoms with Crippen LogP contribution in [0, 0.1) is 0 Å². The van der Waals surface area contributed by atoms with Gasteiger partial charge in [-0.1, -0.05) is 164 Å². The minimum atomic E-state index is -0.163. The van der Waals surface area contributed by atoms with Crippen LogP contribution in [0.15, 0.2) is 108 Å². The molecular weight excluding hydrogens is 739 g/mol. The lowest BCUT2D eigenvalue weighted by Gasteiger charge is -2.42. The molecule has 61 heavy (non-hydrogen) atoms. The number of hydrogen-bond acceptors (Lipinski definition) is 2. The Morgan fingerprint density at radius 2 is 1.13 bits per heavy atom. The van der Waals surface area contributed by atoms with Gasteiger partial charge in [-0.2, -0.15) is 0 Å². The average Bonchev–Trinajstić information content (AvgIpc) is 3.81. The minimum Gasteiger partial charge on any atom is -0.454 e. The molecule has 11 rings (SSSR count). The molecular formula is C57H59BN2O. The third-order valence-corrected chi connectivity index (χ3v) is 14.6. The summed E-state index contributed by atoms with van der Waals surface area (Å²) in [5.41, 5.74) is 22.7. The van der Waals surface area contributed by atoms with Gasteiger partial charge in [0, 0.05) is 49.7 Å². The molecule has 0 spiro atoms. The van der Waals surface area contributed by atoms with Gasteiger partial charge in [-0.05, 0) is 108 Å². The van der Waals surface area contributed by atoms with Crippen molar-refractivity contribution in [2.24, 2.45) is 0 Å². The highest BCUT2D eigenvalue weighted by molar-refractivity contribution is 7.00. The zero-order valence-electron chi connectivity index (χ0n) is 38.7. The third kappa shape index (κ3) is 5.23. The second-order valence-electron chi connectivity index (χ2n) is 23.1. The highest BCUT2D eigenvalue weighted by Crippen LogP contribution is 2.55. The summed E-state index contributed by atoms with van der Waals surface area (Å²) in [7, 11) is 0. The maximum absolute atomic E-state index is 7.11. The zero-order valence-corrected chi connectivity index (χ0v) is 38.7. The summed E-state index contributed by atoms with van der Waals surface area (Å²) in [5.74, 6) is 0. The summed E-state index contributed by atoms with van der Waals surface area (Å²) < 4.78 is 9.82. The monoisotopic (exact) mass is 798 g/mol. The summed E-state index contributed by atoms with van der Waals surface area (Å²) >= 11 is 0. The number of hydrogen-bond donors (Lipinski definition) is 0. The van der Waals surface area contributed by atoms with Crippen LogP contribution in [0.1, 0.15) is 130 Å². The Labute approximate surface area is 362 Å². The van der Waals surface area contributed by atoms with E-state index in [9.17, 15) is 0 Å². The van der Waals surface area contributed by atoms with E-state index in [1.54, 1.807) is 0 Å². The molecule has 0 bridgehead atoms. The molecule has 0 unspecified atom stereocenters. The molecule has 1 aliphatic carbocycles. The highest BCUT2D eigenvalue weighted by Gasteiger charge is 2.48. The minimum absolute atomic E-state index is 0.00949. The van der Waals surface area contributed by atoms with Gasteiger partial charge in [-0.15, -0.1) is 0 Å². The molecule has 0 amide bonds. The topological polar surface area (TPSA) is 21.3 Å². The molecule has 2 aliphatic heterocycles. The lowest BCUT2D eigenvalue weighted by Crippen LogP contribution is -2.61. The van der Waals surface area contributed by atoms with Crippen LogP contribution in [0.5, 0.6) is 0 Å². The first kappa shape index (κ1) is 38.4. The zero-order chi connectivity index (χ0) is 43.1. The predicted molar refractivity (Wildman–Crippen MR) is 262 cm³/mol. The molecule has 0 saturated heterocycles. The average molecular weight is 799 g/mol. The van der Waals surface area contributed by atoms with Gasteiger partial charge in [0.15, 0.2) is 5.58 Å². The molecule has 0 saturated carbocycles. The fraction of sp³-hybridized carbons (Fsp3) is 0.333. The van der Waals surface area contributed by atoms with Crippen LogP contribution in [-0.4, -0.2) is 11.3 Å². The Balaban J connectivity index is 1.32. The molecule has 4 heterocycles. The van der Waals surface area contributed by atoms with E-state index >= 15 is 0 Å². The van der Waals surface area contributed by atoms with Crippen LogP contribution in [0.25, 0.3) is 49.8 Å². The van der Waals surface area contributed by atoms with Crippen molar-refractivity contribution in [1.82, 2.24) is 4.57 Å². The number of furan rings is 1. The SMILES string of the molecule is CC(C)(C)c1ccc2c(c1)N(c1cccc3c1oc1cc(C(C)(C)C)ccc13)c1cc(C(C)(C)C)cc3c1B2c1cc(C(C)(C)C)cc2c4c(n-3c12)-c1ccccc1C4(C)C. The highest BCUT2D eigenvalue weighted by atomic mass is 16.3. The summed E-state index contributed by atoms with van der Waals surface area (Å²) in [6, 6.07) is 40.3. The van der Waals surface area contributed by atoms with Gasteiger partial charge < -0.3 is 13.9 Å². The molecule has 306 valence electrons. The van der Waals surface area contributed by atoms with E-state index in [1.165, 1.54) is 89.0 Å². The van der Waals surface area contributed by atoms with Crippen molar-refractivity contribution in [1.29, 1.82) is 0 Å². The van der Waals surface area contributed by atoms with Crippen LogP contribution in [0.2, 0.25) is 0 Å². The van der Waals surface area contributed by atoms with Gasteiger partial charge in [0.2, 0.25) is 0 Å². The van der Waals surface area contributed by atoms with Crippen molar-refractivity contribution in [2.75, 3.05) is 4.90 Å². The maximum Gasteiger partial charge on any atom is 0.252 e. The number of anilines is 3. The van der Waals surface area contributed by atoms with Crippen molar-refractivity contribution in [3.8, 4) is 16.9 Å². The van der Waals surface area contributed by atoms with Crippen molar-refractivity contribution < 1.29 is 4.42 Å². The van der Waals surface area contributed by atoms with Crippen molar-refractivity contribution in [2.45, 2.75) is 124 Å². The van der Waals surface area contributed by atoms with Crippen molar-refractivity contribution in [3.63, 3.8) is 0 Å². The van der Waals surface area contributed by atoms with E-state index in [1.807, 2.05) is 0 Å². The maximum atomic E-state index is 7.11. The van der Waals surface area contributed by atoms with Crippen LogP contribution in [-0.2, 0) is 27.1 Å². The quantitative estimate of drug-likeness (QED) is 0.154. The van der Waals surface area contributed by atoms with Gasteiger partial charge >= 0.3 is 0 Å². The number of fused-ring (bicyclic) bond motifs is 12. The molecule has 3 nitrogen and oxygen atoms in total. The fourth-order valence-corrected chi connectivity index (χ4v) is 11.1. The van der Waals surface area contributed by atoms with E-state index in [0.717, 1.165) is 27.6 Å². The largest absolute Gasteiger partial charge is 0.454 e. The van der Waals surface area contributed by atoms with Crippen molar-refractivity contribution in [3.05, 3.63) is 137 Å². The van der Waals surface area contributed by atoms with E-state index in [0.29, 0.717) is 0 Å². The van der Waals surface area contributed by atoms with Gasteiger partial charge in [-0.3, -0.25) is 0 Å². The fourth-order valence-electron chi connectivity index (χ4n) is 11.1. The number of para-hydroxylation sites is 1. The number of aromatic nitrogens is 1. The molecule has 4 heteroatoms. The normalized spacial score (nSPS) is 15.4. The van der Waals surface area contributed by atoms with Gasteiger partial charge in [0.1, 0.15) is 5.58 Å².